The first-order valence-corrected chi connectivity index (χ1v) is 12.1. The highest BCUT2D eigenvalue weighted by Gasteiger charge is 2.60. The number of likely N-dealkylation sites (tertiary alicyclic amines) is 1. The zero-order valence-electron chi connectivity index (χ0n) is 17.4. The van der Waals surface area contributed by atoms with Crippen molar-refractivity contribution in [2.24, 2.45) is 11.3 Å². The predicted molar refractivity (Wildman–Crippen MR) is 116 cm³/mol. The number of sulfonamides is 1. The number of ether oxygens (including phenoxy) is 1. The summed E-state index contributed by atoms with van der Waals surface area (Å²) in [6.45, 7) is 0.940. The molecular weight excluding hydrogens is 400 g/mol. The van der Waals surface area contributed by atoms with Crippen LogP contribution in [-0.2, 0) is 21.2 Å². The Labute approximate surface area is 178 Å². The van der Waals surface area contributed by atoms with E-state index in [9.17, 15) is 13.2 Å². The van der Waals surface area contributed by atoms with Gasteiger partial charge in [0, 0.05) is 19.1 Å². The maximum absolute atomic E-state index is 12.0. The van der Waals surface area contributed by atoms with Crippen molar-refractivity contribution in [3.63, 3.8) is 0 Å². The second kappa shape index (κ2) is 8.04. The van der Waals surface area contributed by atoms with E-state index in [1.165, 1.54) is 30.1 Å². The topological polar surface area (TPSA) is 75.7 Å². The largest absolute Gasteiger partial charge is 0.453 e. The van der Waals surface area contributed by atoms with E-state index in [-0.39, 0.29) is 11.5 Å². The van der Waals surface area contributed by atoms with Crippen molar-refractivity contribution >= 4 is 16.1 Å². The molecule has 1 N–H and O–H groups in total. The van der Waals surface area contributed by atoms with Crippen LogP contribution >= 0.6 is 0 Å². The molecule has 7 heteroatoms. The Morgan fingerprint density at radius 1 is 1.17 bits per heavy atom. The lowest BCUT2D eigenvalue weighted by Gasteiger charge is -2.39. The molecule has 2 aromatic rings. The van der Waals surface area contributed by atoms with E-state index in [1.807, 2.05) is 18.2 Å². The van der Waals surface area contributed by atoms with Crippen molar-refractivity contribution in [1.82, 2.24) is 9.62 Å². The van der Waals surface area contributed by atoms with Crippen molar-refractivity contribution in [3.05, 3.63) is 60.2 Å². The van der Waals surface area contributed by atoms with E-state index < -0.39 is 16.1 Å². The molecule has 1 saturated heterocycles. The summed E-state index contributed by atoms with van der Waals surface area (Å²) >= 11 is 0. The van der Waals surface area contributed by atoms with Gasteiger partial charge in [-0.15, -0.1) is 0 Å². The summed E-state index contributed by atoms with van der Waals surface area (Å²) in [5.74, 6) is 0.391. The summed E-state index contributed by atoms with van der Waals surface area (Å²) < 4.78 is 31.6. The molecule has 1 saturated carbocycles. The molecule has 1 spiro atoms. The molecule has 1 heterocycles. The number of amides is 1. The van der Waals surface area contributed by atoms with Gasteiger partial charge in [0.1, 0.15) is 0 Å². The fourth-order valence-electron chi connectivity index (χ4n) is 4.92. The molecule has 0 bridgehead atoms. The maximum atomic E-state index is 12.0. The molecular formula is C23H28N2O4S. The first-order valence-electron chi connectivity index (χ1n) is 10.3. The Hall–Kier alpha value is -2.38. The smallest absolute Gasteiger partial charge is 0.409 e. The number of benzene rings is 2. The molecule has 160 valence electrons. The first kappa shape index (κ1) is 20.9. The average molecular weight is 429 g/mol. The molecule has 1 aliphatic heterocycles. The van der Waals surface area contributed by atoms with Crippen LogP contribution in [0.3, 0.4) is 0 Å². The van der Waals surface area contributed by atoms with Crippen LogP contribution in [0.1, 0.15) is 18.4 Å². The Balaban J connectivity index is 1.51. The van der Waals surface area contributed by atoms with Crippen molar-refractivity contribution < 1.29 is 17.9 Å². The molecule has 30 heavy (non-hydrogen) atoms. The van der Waals surface area contributed by atoms with Crippen molar-refractivity contribution in [3.8, 4) is 11.1 Å². The Morgan fingerprint density at radius 2 is 1.90 bits per heavy atom. The Kier molecular flexibility index (Phi) is 5.59. The number of hydrogen-bond donors (Lipinski definition) is 1. The highest BCUT2D eigenvalue weighted by atomic mass is 32.2. The maximum Gasteiger partial charge on any atom is 0.409 e. The van der Waals surface area contributed by atoms with Gasteiger partial charge in [-0.05, 0) is 47.3 Å². The van der Waals surface area contributed by atoms with E-state index in [0.717, 1.165) is 19.3 Å². The highest BCUT2D eigenvalue weighted by molar-refractivity contribution is 7.88. The van der Waals surface area contributed by atoms with Gasteiger partial charge in [-0.3, -0.25) is 0 Å². The summed E-state index contributed by atoms with van der Waals surface area (Å²) in [7, 11) is -2.03. The minimum absolute atomic E-state index is 0.101. The van der Waals surface area contributed by atoms with E-state index in [4.69, 9.17) is 4.74 Å². The zero-order valence-corrected chi connectivity index (χ0v) is 18.2. The Morgan fingerprint density at radius 3 is 2.60 bits per heavy atom. The molecule has 1 aliphatic carbocycles. The number of nitrogens with zero attached hydrogens (tertiary/aromatic N) is 1. The normalized spacial score (nSPS) is 25.9. The molecule has 0 radical (unpaired) electrons. The van der Waals surface area contributed by atoms with E-state index in [0.29, 0.717) is 19.0 Å². The van der Waals surface area contributed by atoms with Crippen LogP contribution in [0.5, 0.6) is 0 Å². The number of carbonyl (C=O) groups is 1. The predicted octanol–water partition coefficient (Wildman–Crippen LogP) is 3.29. The number of carbonyl (C=O) groups excluding carboxylic acids is 1. The minimum atomic E-state index is -3.38. The third kappa shape index (κ3) is 4.37. The molecule has 2 aromatic carbocycles. The van der Waals surface area contributed by atoms with Gasteiger partial charge in [0.05, 0.1) is 13.4 Å². The van der Waals surface area contributed by atoms with E-state index >= 15 is 0 Å². The van der Waals surface area contributed by atoms with Gasteiger partial charge in [0.15, 0.2) is 0 Å². The number of methoxy groups -OCH3 is 1. The summed E-state index contributed by atoms with van der Waals surface area (Å²) in [4.78, 5) is 13.6. The van der Waals surface area contributed by atoms with Crippen molar-refractivity contribution in [2.45, 2.75) is 25.3 Å². The van der Waals surface area contributed by atoms with Crippen LogP contribution in [0.2, 0.25) is 0 Å². The van der Waals surface area contributed by atoms with E-state index in [1.54, 1.807) is 4.90 Å². The Bertz CT molecular complexity index is 1020. The SMILES string of the molecule is COC(=O)N1CCC2(CC2Cc2cccc(-c3ccccc3)c2)C(NS(C)(=O)=O)C1. The van der Waals surface area contributed by atoms with Gasteiger partial charge in [-0.2, -0.15) is 0 Å². The van der Waals surface area contributed by atoms with Gasteiger partial charge in [0.2, 0.25) is 10.0 Å². The molecule has 3 atom stereocenters. The van der Waals surface area contributed by atoms with Crippen LogP contribution in [0.4, 0.5) is 4.79 Å². The number of rotatable bonds is 5. The molecule has 1 amide bonds. The average Bonchev–Trinajstić information content (AvgIpc) is 3.41. The fourth-order valence-corrected chi connectivity index (χ4v) is 5.75. The third-order valence-corrected chi connectivity index (χ3v) is 7.24. The van der Waals surface area contributed by atoms with Crippen LogP contribution in [-0.4, -0.2) is 51.9 Å². The van der Waals surface area contributed by atoms with Crippen LogP contribution in [0.25, 0.3) is 11.1 Å². The lowest BCUT2D eigenvalue weighted by molar-refractivity contribution is 0.0877. The van der Waals surface area contributed by atoms with Gasteiger partial charge >= 0.3 is 6.09 Å². The van der Waals surface area contributed by atoms with Gasteiger partial charge in [-0.25, -0.2) is 17.9 Å². The number of nitrogens with one attached hydrogen (secondary N) is 1. The highest BCUT2D eigenvalue weighted by Crippen LogP contribution is 2.60. The lowest BCUT2D eigenvalue weighted by atomic mass is 9.85. The summed E-state index contributed by atoms with van der Waals surface area (Å²) in [5.41, 5.74) is 3.53. The van der Waals surface area contributed by atoms with Crippen LogP contribution in [0.15, 0.2) is 54.6 Å². The summed E-state index contributed by atoms with van der Waals surface area (Å²) in [5, 5.41) is 0. The minimum Gasteiger partial charge on any atom is -0.453 e. The molecule has 4 rings (SSSR count). The molecule has 2 fully saturated rings. The second-order valence-electron chi connectivity index (χ2n) is 8.51. The second-order valence-corrected chi connectivity index (χ2v) is 10.3. The monoisotopic (exact) mass is 428 g/mol. The van der Waals surface area contributed by atoms with Crippen LogP contribution in [0, 0.1) is 11.3 Å². The quantitative estimate of drug-likeness (QED) is 0.793. The van der Waals surface area contributed by atoms with Crippen molar-refractivity contribution in [1.29, 1.82) is 0 Å². The van der Waals surface area contributed by atoms with Gasteiger partial charge in [0.25, 0.3) is 0 Å². The number of hydrogen-bond acceptors (Lipinski definition) is 4. The summed E-state index contributed by atoms with van der Waals surface area (Å²) in [6, 6.07) is 18.6. The van der Waals surface area contributed by atoms with Gasteiger partial charge < -0.3 is 9.64 Å². The molecule has 2 aliphatic rings. The first-order chi connectivity index (χ1) is 14.3. The molecule has 6 nitrogen and oxygen atoms in total. The van der Waals surface area contributed by atoms with Crippen molar-refractivity contribution in [2.75, 3.05) is 26.5 Å². The third-order valence-electron chi connectivity index (χ3n) is 6.53. The zero-order chi connectivity index (χ0) is 21.4. The fraction of sp³-hybridized carbons (Fsp3) is 0.435. The summed E-state index contributed by atoms with van der Waals surface area (Å²) in [6.07, 6.45) is 3.42. The number of piperidine rings is 1. The standard InChI is InChI=1S/C23H28N2O4S/c1-29-22(26)25-12-11-23(21(16-25)24-30(2,27)28)15-20(23)14-17-7-6-10-19(13-17)18-8-4-3-5-9-18/h3-10,13,20-21,24H,11-12,14-16H2,1-2H3. The van der Waals surface area contributed by atoms with Crippen LogP contribution < -0.4 is 4.72 Å². The van der Waals surface area contributed by atoms with E-state index in [2.05, 4.69) is 41.1 Å². The van der Waals surface area contributed by atoms with Gasteiger partial charge in [-0.1, -0.05) is 54.6 Å². The molecule has 3 unspecified atom stereocenters. The molecule has 0 aromatic heterocycles. The lowest BCUT2D eigenvalue weighted by Crippen LogP contribution is -2.55.